The summed E-state index contributed by atoms with van der Waals surface area (Å²) in [7, 11) is 0. The number of nitrogen functional groups attached to an aromatic ring is 1. The van der Waals surface area contributed by atoms with Gasteiger partial charge in [0, 0.05) is 26.1 Å². The van der Waals surface area contributed by atoms with E-state index in [0.717, 1.165) is 25.9 Å². The molecule has 0 saturated carbocycles. The molecule has 6 nitrogen and oxygen atoms in total. The number of nitrogens with zero attached hydrogens (tertiary/aromatic N) is 3. The molecule has 0 atom stereocenters. The number of hydrogen-bond donors (Lipinski definition) is 2. The number of amides is 1. The second-order valence-electron chi connectivity index (χ2n) is 4.36. The van der Waals surface area contributed by atoms with Crippen LogP contribution in [0.5, 0.6) is 0 Å². The van der Waals surface area contributed by atoms with Crippen molar-refractivity contribution in [1.29, 1.82) is 0 Å². The first-order valence-corrected chi connectivity index (χ1v) is 6.24. The zero-order valence-electron chi connectivity index (χ0n) is 10.2. The van der Waals surface area contributed by atoms with E-state index >= 15 is 0 Å². The summed E-state index contributed by atoms with van der Waals surface area (Å²) in [4.78, 5) is 21.0. The zero-order valence-corrected chi connectivity index (χ0v) is 10.9. The minimum Gasteiger partial charge on any atom is -0.368 e. The summed E-state index contributed by atoms with van der Waals surface area (Å²) in [6.07, 6.45) is 3.26. The highest BCUT2D eigenvalue weighted by Gasteiger charge is 2.22. The lowest BCUT2D eigenvalue weighted by atomic mass is 10.1. The van der Waals surface area contributed by atoms with Gasteiger partial charge in [-0.2, -0.15) is 4.98 Å². The maximum absolute atomic E-state index is 11.0. The molecule has 1 aliphatic heterocycles. The third-order valence-electron chi connectivity index (χ3n) is 2.95. The first-order chi connectivity index (χ1) is 8.56. The van der Waals surface area contributed by atoms with Crippen molar-refractivity contribution in [2.45, 2.75) is 25.8 Å². The lowest BCUT2D eigenvalue weighted by Gasteiger charge is -2.33. The number of halogens is 1. The molecular weight excluding hydrogens is 254 g/mol. The molecule has 0 aromatic carbocycles. The Morgan fingerprint density at radius 3 is 2.83 bits per heavy atom. The SMILES string of the molecule is CC(=O)NC1CCN(c2nc(N)ncc2Cl)CC1. The van der Waals surface area contributed by atoms with Crippen molar-refractivity contribution in [2.24, 2.45) is 0 Å². The van der Waals surface area contributed by atoms with Gasteiger partial charge in [-0.25, -0.2) is 4.98 Å². The van der Waals surface area contributed by atoms with E-state index in [9.17, 15) is 4.79 Å². The van der Waals surface area contributed by atoms with Gasteiger partial charge in [-0.3, -0.25) is 4.79 Å². The van der Waals surface area contributed by atoms with Gasteiger partial charge >= 0.3 is 0 Å². The largest absolute Gasteiger partial charge is 0.368 e. The minimum atomic E-state index is 0.0118. The maximum Gasteiger partial charge on any atom is 0.222 e. The van der Waals surface area contributed by atoms with Gasteiger partial charge in [-0.15, -0.1) is 0 Å². The monoisotopic (exact) mass is 269 g/mol. The number of nitrogens with two attached hydrogens (primary N) is 1. The minimum absolute atomic E-state index is 0.0118. The molecule has 0 spiro atoms. The normalized spacial score (nSPS) is 16.7. The Morgan fingerprint density at radius 2 is 2.22 bits per heavy atom. The van der Waals surface area contributed by atoms with Crippen LogP contribution in [0.1, 0.15) is 19.8 Å². The molecule has 1 aliphatic rings. The number of aromatic nitrogens is 2. The Hall–Kier alpha value is -1.56. The average Bonchev–Trinajstić information content (AvgIpc) is 2.33. The van der Waals surface area contributed by atoms with Crippen LogP contribution in [-0.4, -0.2) is 35.0 Å². The molecule has 1 saturated heterocycles. The second kappa shape index (κ2) is 5.39. The van der Waals surface area contributed by atoms with Crippen LogP contribution in [0, 0.1) is 0 Å². The number of piperidine rings is 1. The molecule has 7 heteroatoms. The molecule has 1 fully saturated rings. The summed E-state index contributed by atoms with van der Waals surface area (Å²) in [6.45, 7) is 3.12. The summed E-state index contributed by atoms with van der Waals surface area (Å²) in [5, 5.41) is 3.43. The molecule has 1 amide bonds. The van der Waals surface area contributed by atoms with Crippen LogP contribution in [0.15, 0.2) is 6.20 Å². The molecule has 0 aliphatic carbocycles. The Kier molecular flexibility index (Phi) is 3.86. The van der Waals surface area contributed by atoms with E-state index in [1.807, 2.05) is 0 Å². The van der Waals surface area contributed by atoms with Crippen LogP contribution >= 0.6 is 11.6 Å². The van der Waals surface area contributed by atoms with E-state index in [4.69, 9.17) is 17.3 Å². The Balaban J connectivity index is 2.01. The van der Waals surface area contributed by atoms with Crippen LogP contribution in [0.3, 0.4) is 0 Å². The van der Waals surface area contributed by atoms with E-state index in [0.29, 0.717) is 10.8 Å². The predicted octanol–water partition coefficient (Wildman–Crippen LogP) is 0.817. The molecule has 0 unspecified atom stereocenters. The molecule has 18 heavy (non-hydrogen) atoms. The third kappa shape index (κ3) is 3.01. The van der Waals surface area contributed by atoms with E-state index in [-0.39, 0.29) is 17.9 Å². The van der Waals surface area contributed by atoms with Crippen molar-refractivity contribution < 1.29 is 4.79 Å². The van der Waals surface area contributed by atoms with E-state index in [1.54, 1.807) is 0 Å². The molecule has 2 heterocycles. The van der Waals surface area contributed by atoms with Crippen LogP contribution in [0.25, 0.3) is 0 Å². The quantitative estimate of drug-likeness (QED) is 0.830. The number of rotatable bonds is 2. The number of nitrogens with one attached hydrogen (secondary N) is 1. The first kappa shape index (κ1) is 12.9. The summed E-state index contributed by atoms with van der Waals surface area (Å²) in [5.74, 6) is 0.904. The molecule has 3 N–H and O–H groups in total. The van der Waals surface area contributed by atoms with E-state index in [1.165, 1.54) is 13.1 Å². The molecule has 1 aromatic heterocycles. The summed E-state index contributed by atoms with van der Waals surface area (Å²) < 4.78 is 0. The van der Waals surface area contributed by atoms with Crippen molar-refractivity contribution >= 4 is 29.3 Å². The van der Waals surface area contributed by atoms with E-state index in [2.05, 4.69) is 20.2 Å². The average molecular weight is 270 g/mol. The van der Waals surface area contributed by atoms with Crippen molar-refractivity contribution in [3.8, 4) is 0 Å². The fraction of sp³-hybridized carbons (Fsp3) is 0.545. The zero-order chi connectivity index (χ0) is 13.1. The fourth-order valence-electron chi connectivity index (χ4n) is 2.12. The van der Waals surface area contributed by atoms with Gasteiger partial charge in [0.1, 0.15) is 5.02 Å². The van der Waals surface area contributed by atoms with Crippen molar-refractivity contribution in [3.63, 3.8) is 0 Å². The van der Waals surface area contributed by atoms with Gasteiger partial charge in [-0.05, 0) is 12.8 Å². The van der Waals surface area contributed by atoms with Crippen molar-refractivity contribution in [2.75, 3.05) is 23.7 Å². The molecule has 0 radical (unpaired) electrons. The summed E-state index contributed by atoms with van der Waals surface area (Å²) in [6, 6.07) is 0.233. The fourth-order valence-corrected chi connectivity index (χ4v) is 2.33. The molecular formula is C11H16ClN5O. The van der Waals surface area contributed by atoms with Crippen molar-refractivity contribution in [1.82, 2.24) is 15.3 Å². The molecule has 1 aromatic rings. The van der Waals surface area contributed by atoms with Gasteiger partial charge in [0.15, 0.2) is 5.82 Å². The highest BCUT2D eigenvalue weighted by atomic mass is 35.5. The standard InChI is InChI=1S/C11H16ClN5O/c1-7(18)15-8-2-4-17(5-3-8)10-9(12)6-14-11(13)16-10/h6,8H,2-5H2,1H3,(H,15,18)(H2,13,14,16). The molecule has 98 valence electrons. The van der Waals surface area contributed by atoms with Gasteiger partial charge in [0.25, 0.3) is 0 Å². The van der Waals surface area contributed by atoms with Gasteiger partial charge in [0.2, 0.25) is 11.9 Å². The van der Waals surface area contributed by atoms with Gasteiger partial charge in [-0.1, -0.05) is 11.6 Å². The highest BCUT2D eigenvalue weighted by molar-refractivity contribution is 6.32. The number of anilines is 2. The predicted molar refractivity (Wildman–Crippen MR) is 70.5 cm³/mol. The molecule has 0 bridgehead atoms. The van der Waals surface area contributed by atoms with Crippen molar-refractivity contribution in [3.05, 3.63) is 11.2 Å². The summed E-state index contributed by atoms with van der Waals surface area (Å²) in [5.41, 5.74) is 5.56. The van der Waals surface area contributed by atoms with Crippen LogP contribution < -0.4 is 16.0 Å². The second-order valence-corrected chi connectivity index (χ2v) is 4.77. The Bertz CT molecular complexity index is 445. The van der Waals surface area contributed by atoms with Crippen LogP contribution in [0.2, 0.25) is 5.02 Å². The summed E-state index contributed by atoms with van der Waals surface area (Å²) >= 11 is 6.06. The number of carbonyl (C=O) groups is 1. The topological polar surface area (TPSA) is 84.1 Å². The number of hydrogen-bond acceptors (Lipinski definition) is 5. The Labute approximate surface area is 111 Å². The maximum atomic E-state index is 11.0. The third-order valence-corrected chi connectivity index (χ3v) is 3.21. The number of carbonyl (C=O) groups excluding carboxylic acids is 1. The lowest BCUT2D eigenvalue weighted by molar-refractivity contribution is -0.119. The van der Waals surface area contributed by atoms with Crippen LogP contribution in [-0.2, 0) is 4.79 Å². The van der Waals surface area contributed by atoms with Gasteiger partial charge in [0.05, 0.1) is 6.20 Å². The van der Waals surface area contributed by atoms with Gasteiger partial charge < -0.3 is 16.0 Å². The molecule has 2 rings (SSSR count). The lowest BCUT2D eigenvalue weighted by Crippen LogP contribution is -2.44. The highest BCUT2D eigenvalue weighted by Crippen LogP contribution is 2.25. The van der Waals surface area contributed by atoms with Crippen LogP contribution in [0.4, 0.5) is 11.8 Å². The van der Waals surface area contributed by atoms with E-state index < -0.39 is 0 Å². The Morgan fingerprint density at radius 1 is 1.56 bits per heavy atom. The smallest absolute Gasteiger partial charge is 0.222 e. The first-order valence-electron chi connectivity index (χ1n) is 5.86.